The Balaban J connectivity index is 1.91. The van der Waals surface area contributed by atoms with Gasteiger partial charge in [-0.2, -0.15) is 0 Å². The number of alkyl halides is 2. The minimum Gasteiger partial charge on any atom is -0.469 e. The molecule has 1 unspecified atom stereocenters. The number of carbonyl (C=O) groups is 1. The van der Waals surface area contributed by atoms with Crippen molar-refractivity contribution in [1.29, 1.82) is 0 Å². The lowest BCUT2D eigenvalue weighted by Crippen LogP contribution is -2.15. The highest BCUT2D eigenvalue weighted by atomic mass is 79.9. The number of unbranched alkanes of at least 4 members (excludes halogenated alkanes) is 6. The van der Waals surface area contributed by atoms with E-state index in [2.05, 4.69) is 44.0 Å². The van der Waals surface area contributed by atoms with E-state index in [1.165, 1.54) is 44.8 Å². The van der Waals surface area contributed by atoms with Crippen LogP contribution in [0.4, 0.5) is 0 Å². The molecule has 0 fully saturated rings. The van der Waals surface area contributed by atoms with Gasteiger partial charge >= 0.3 is 5.97 Å². The van der Waals surface area contributed by atoms with Crippen LogP contribution < -0.4 is 0 Å². The molecule has 0 aromatic heterocycles. The van der Waals surface area contributed by atoms with Gasteiger partial charge in [0.15, 0.2) is 0 Å². The van der Waals surface area contributed by atoms with E-state index in [0.717, 1.165) is 32.5 Å². The molecule has 0 saturated heterocycles. The molecule has 0 radical (unpaired) electrons. The van der Waals surface area contributed by atoms with Crippen LogP contribution in [0.15, 0.2) is 30.3 Å². The fraction of sp³-hybridized carbons (Fsp3) is 0.667. The lowest BCUT2D eigenvalue weighted by molar-refractivity contribution is -0.141. The first kappa shape index (κ1) is 23.6. The van der Waals surface area contributed by atoms with E-state index in [0.29, 0.717) is 12.3 Å². The first-order valence-electron chi connectivity index (χ1n) is 9.60. The van der Waals surface area contributed by atoms with Crippen molar-refractivity contribution in [2.45, 2.75) is 68.1 Å². The first-order chi connectivity index (χ1) is 12.6. The van der Waals surface area contributed by atoms with E-state index in [4.69, 9.17) is 9.47 Å². The second-order valence-electron chi connectivity index (χ2n) is 6.68. The van der Waals surface area contributed by atoms with E-state index >= 15 is 0 Å². The fourth-order valence-corrected chi connectivity index (χ4v) is 3.78. The van der Waals surface area contributed by atoms with Crippen molar-refractivity contribution >= 4 is 37.8 Å². The summed E-state index contributed by atoms with van der Waals surface area (Å²) in [6, 6.07) is 10.3. The third-order valence-corrected chi connectivity index (χ3v) is 5.98. The standard InChI is InChI=1S/C21H32Br2O3/c1-25-20(24)16-19(21(22)23)14-10-5-3-2-4-6-11-15-26-17-18-12-8-7-9-13-18/h7-9,12-13,19,21H,2-6,10-11,14-17H2,1H3. The SMILES string of the molecule is COC(=O)CC(CCCCCCCCCOCc1ccccc1)C(Br)Br. The summed E-state index contributed by atoms with van der Waals surface area (Å²) < 4.78 is 10.6. The molecule has 26 heavy (non-hydrogen) atoms. The molecule has 0 aliphatic carbocycles. The smallest absolute Gasteiger partial charge is 0.305 e. The average molecular weight is 492 g/mol. The molecule has 0 saturated carbocycles. The number of hydrogen-bond acceptors (Lipinski definition) is 3. The van der Waals surface area contributed by atoms with Gasteiger partial charge in [-0.05, 0) is 24.3 Å². The van der Waals surface area contributed by atoms with E-state index in [1.54, 1.807) is 0 Å². The largest absolute Gasteiger partial charge is 0.469 e. The van der Waals surface area contributed by atoms with Crippen LogP contribution >= 0.6 is 31.9 Å². The van der Waals surface area contributed by atoms with Gasteiger partial charge in [0.05, 0.1) is 23.9 Å². The molecule has 0 heterocycles. The molecular formula is C21H32Br2O3. The zero-order chi connectivity index (χ0) is 19.0. The lowest BCUT2D eigenvalue weighted by Gasteiger charge is -2.16. The maximum atomic E-state index is 11.4. The van der Waals surface area contributed by atoms with E-state index in [1.807, 2.05) is 18.2 Å². The molecule has 1 atom stereocenters. The molecule has 0 spiro atoms. The Kier molecular flexibility index (Phi) is 14.2. The normalized spacial score (nSPS) is 12.3. The van der Waals surface area contributed by atoms with Crippen molar-refractivity contribution in [2.24, 2.45) is 5.92 Å². The van der Waals surface area contributed by atoms with Crippen LogP contribution in [0.25, 0.3) is 0 Å². The summed E-state index contributed by atoms with van der Waals surface area (Å²) in [6.45, 7) is 1.57. The molecular weight excluding hydrogens is 460 g/mol. The molecule has 0 N–H and O–H groups in total. The highest BCUT2D eigenvalue weighted by molar-refractivity contribution is 9.24. The molecule has 0 bridgehead atoms. The van der Waals surface area contributed by atoms with Crippen molar-refractivity contribution in [2.75, 3.05) is 13.7 Å². The minimum atomic E-state index is -0.131. The van der Waals surface area contributed by atoms with Gasteiger partial charge in [-0.1, -0.05) is 101 Å². The third-order valence-electron chi connectivity index (χ3n) is 4.49. The maximum absolute atomic E-state index is 11.4. The van der Waals surface area contributed by atoms with Crippen LogP contribution in [-0.4, -0.2) is 23.4 Å². The Morgan fingerprint density at radius 2 is 1.58 bits per heavy atom. The van der Waals surface area contributed by atoms with Crippen molar-refractivity contribution in [3.63, 3.8) is 0 Å². The van der Waals surface area contributed by atoms with Gasteiger partial charge in [0.2, 0.25) is 0 Å². The molecule has 3 nitrogen and oxygen atoms in total. The highest BCUT2D eigenvalue weighted by Crippen LogP contribution is 2.28. The second-order valence-corrected chi connectivity index (χ2v) is 9.88. The third kappa shape index (κ3) is 12.1. The summed E-state index contributed by atoms with van der Waals surface area (Å²) >= 11 is 7.07. The Morgan fingerprint density at radius 1 is 0.962 bits per heavy atom. The average Bonchev–Trinajstić information content (AvgIpc) is 2.65. The predicted molar refractivity (Wildman–Crippen MR) is 115 cm³/mol. The van der Waals surface area contributed by atoms with Crippen LogP contribution in [0, 0.1) is 5.92 Å². The van der Waals surface area contributed by atoms with E-state index in [-0.39, 0.29) is 9.71 Å². The number of rotatable bonds is 15. The number of carbonyl (C=O) groups excluding carboxylic acids is 1. The van der Waals surface area contributed by atoms with Gasteiger partial charge in [-0.3, -0.25) is 4.79 Å². The molecule has 148 valence electrons. The van der Waals surface area contributed by atoms with Gasteiger partial charge in [0.1, 0.15) is 0 Å². The molecule has 1 rings (SSSR count). The van der Waals surface area contributed by atoms with Gasteiger partial charge in [0.25, 0.3) is 0 Å². The molecule has 1 aromatic carbocycles. The van der Waals surface area contributed by atoms with Crippen LogP contribution in [0.3, 0.4) is 0 Å². The van der Waals surface area contributed by atoms with Gasteiger partial charge < -0.3 is 9.47 Å². The zero-order valence-electron chi connectivity index (χ0n) is 15.8. The van der Waals surface area contributed by atoms with Gasteiger partial charge in [0, 0.05) is 6.61 Å². The maximum Gasteiger partial charge on any atom is 0.305 e. The van der Waals surface area contributed by atoms with Crippen molar-refractivity contribution in [3.05, 3.63) is 35.9 Å². The van der Waals surface area contributed by atoms with Crippen molar-refractivity contribution in [1.82, 2.24) is 0 Å². The van der Waals surface area contributed by atoms with Crippen LogP contribution in [0.1, 0.15) is 63.4 Å². The molecule has 0 aliphatic rings. The Hall–Kier alpha value is -0.390. The number of halogens is 2. The molecule has 0 aliphatic heterocycles. The summed E-state index contributed by atoms with van der Waals surface area (Å²) in [5.41, 5.74) is 1.24. The number of ether oxygens (including phenoxy) is 2. The van der Waals surface area contributed by atoms with Crippen LogP contribution in [0.2, 0.25) is 0 Å². The topological polar surface area (TPSA) is 35.5 Å². The minimum absolute atomic E-state index is 0.131. The lowest BCUT2D eigenvalue weighted by atomic mass is 9.99. The van der Waals surface area contributed by atoms with Gasteiger partial charge in [-0.25, -0.2) is 0 Å². The van der Waals surface area contributed by atoms with Crippen molar-refractivity contribution < 1.29 is 14.3 Å². The molecule has 0 amide bonds. The predicted octanol–water partition coefficient (Wildman–Crippen LogP) is 6.62. The Labute approximate surface area is 175 Å². The summed E-state index contributed by atoms with van der Waals surface area (Å²) in [5, 5.41) is 0. The summed E-state index contributed by atoms with van der Waals surface area (Å²) in [4.78, 5) is 11.4. The second kappa shape index (κ2) is 15.6. The molecule has 1 aromatic rings. The van der Waals surface area contributed by atoms with Crippen molar-refractivity contribution in [3.8, 4) is 0 Å². The summed E-state index contributed by atoms with van der Waals surface area (Å²) in [7, 11) is 1.45. The summed E-state index contributed by atoms with van der Waals surface area (Å²) in [6.07, 6.45) is 10.1. The zero-order valence-corrected chi connectivity index (χ0v) is 19.0. The Bertz CT molecular complexity index is 466. The van der Waals surface area contributed by atoms with E-state index in [9.17, 15) is 4.79 Å². The first-order valence-corrected chi connectivity index (χ1v) is 11.4. The molecule has 5 heteroatoms. The highest BCUT2D eigenvalue weighted by Gasteiger charge is 2.19. The fourth-order valence-electron chi connectivity index (χ4n) is 2.87. The van der Waals surface area contributed by atoms with E-state index < -0.39 is 0 Å². The van der Waals surface area contributed by atoms with Crippen LogP contribution in [-0.2, 0) is 20.9 Å². The Morgan fingerprint density at radius 3 is 2.19 bits per heavy atom. The number of methoxy groups -OCH3 is 1. The van der Waals surface area contributed by atoms with Gasteiger partial charge in [-0.15, -0.1) is 0 Å². The monoisotopic (exact) mass is 490 g/mol. The number of benzene rings is 1. The number of esters is 1. The van der Waals surface area contributed by atoms with Crippen LogP contribution in [0.5, 0.6) is 0 Å². The quantitative estimate of drug-likeness (QED) is 0.157. The number of hydrogen-bond donors (Lipinski definition) is 0. The summed E-state index contributed by atoms with van der Waals surface area (Å²) in [5.74, 6) is 0.164.